The highest BCUT2D eigenvalue weighted by molar-refractivity contribution is 8.00. The molecule has 0 aliphatic rings. The van der Waals surface area contributed by atoms with E-state index >= 15 is 0 Å². The number of carbonyl (C=O) groups excluding carboxylic acids is 14. The van der Waals surface area contributed by atoms with E-state index in [1.54, 1.807) is 34.6 Å². The van der Waals surface area contributed by atoms with Gasteiger partial charge in [-0.2, -0.15) is 12.6 Å². The van der Waals surface area contributed by atoms with Gasteiger partial charge in [0.25, 0.3) is 5.69 Å². The maximum absolute atomic E-state index is 14.1. The van der Waals surface area contributed by atoms with Gasteiger partial charge in [0.15, 0.2) is 23.1 Å². The Balaban J connectivity index is 0.000000459. The number of nitrogens with zero attached hydrogens (tertiary/aromatic N) is 2. The average molecular weight is 1780 g/mol. The molecule has 0 aromatic heterocycles. The number of thiol groups is 1. The zero-order valence-corrected chi connectivity index (χ0v) is 75.8. The number of ether oxygens (including phenoxy) is 2. The van der Waals surface area contributed by atoms with Gasteiger partial charge >= 0.3 is 12.2 Å². The molecule has 6 aromatic carbocycles. The minimum absolute atomic E-state index is 0.00828. The van der Waals surface area contributed by atoms with Crippen molar-refractivity contribution >= 4 is 113 Å². The lowest BCUT2D eigenvalue weighted by atomic mass is 9.84. The van der Waals surface area contributed by atoms with Crippen LogP contribution in [0, 0.1) is 33.8 Å². The van der Waals surface area contributed by atoms with Crippen molar-refractivity contribution in [2.75, 3.05) is 51.3 Å². The SMILES string of the molecule is CC(=O)NC(CS)C(=O)CC(C)C(=O)NC(C)C(=O)CC(CCCCNC(=O)C(N)Cc1ccccc1)C(=O)NCCN(C)C(=O)Oc1ccc([N+](=O)[O-])cc1.CCCCNC(=O)C(CCCCNC(=O)C(Cc1ccccc1)NC(=O)OC(C)(C)C)CC(=O)C(C)NC(=O)C(C)CC(=O)C(CSC(c1ccccc1)(c1ccccc1)c1ccccc1)NC(C)=O. The van der Waals surface area contributed by atoms with Crippen LogP contribution in [0.15, 0.2) is 176 Å². The van der Waals surface area contributed by atoms with E-state index in [0.717, 1.165) is 40.7 Å². The van der Waals surface area contributed by atoms with Gasteiger partial charge in [0.05, 0.1) is 39.9 Å². The Morgan fingerprint density at radius 1 is 0.476 bits per heavy atom. The molecule has 11 N–H and O–H groups in total. The van der Waals surface area contributed by atoms with E-state index in [1.807, 2.05) is 122 Å². The molecule has 32 heteroatoms. The van der Waals surface area contributed by atoms with Gasteiger partial charge in [0.1, 0.15) is 17.4 Å². The molecule has 0 spiro atoms. The number of hydrogen-bond acceptors (Lipinski definition) is 21. The highest BCUT2D eigenvalue weighted by Crippen LogP contribution is 2.49. The van der Waals surface area contributed by atoms with Crippen LogP contribution in [-0.2, 0) is 79.9 Å². The highest BCUT2D eigenvalue weighted by Gasteiger charge is 2.40. The molecule has 0 saturated carbocycles. The van der Waals surface area contributed by atoms with Crippen molar-refractivity contribution in [3.8, 4) is 5.75 Å². The molecule has 0 bridgehead atoms. The maximum atomic E-state index is 14.1. The largest absolute Gasteiger partial charge is 0.444 e. The van der Waals surface area contributed by atoms with Gasteiger partial charge < -0.3 is 68.0 Å². The third-order valence-corrected chi connectivity index (χ3v) is 22.6. The first-order chi connectivity index (χ1) is 59.9. The number of amides is 10. The number of nitro groups is 1. The number of benzene rings is 6. The van der Waals surface area contributed by atoms with E-state index in [0.29, 0.717) is 51.6 Å². The molecule has 6 rings (SSSR count). The van der Waals surface area contributed by atoms with Crippen LogP contribution >= 0.6 is 24.4 Å². The molecule has 0 saturated heterocycles. The Labute approximate surface area is 748 Å². The molecule has 126 heavy (non-hydrogen) atoms. The second kappa shape index (κ2) is 55.0. The van der Waals surface area contributed by atoms with Crippen LogP contribution in [0.5, 0.6) is 5.75 Å². The third kappa shape index (κ3) is 37.7. The summed E-state index contributed by atoms with van der Waals surface area (Å²) in [5.41, 5.74) is 9.95. The standard InChI is InChI=1S/C56H73N5O8S.C38H53N7O10S/c1-8-9-33-57-52(66)43(26-22-23-34-58-53(67)47(36-42-24-14-10-15-25-42)61-54(68)69-55(5,6)7)37-49(63)40(3)59-51(65)39(2)35-50(64)48(60-41(4)62)38-70-56(44-27-16-11-17-28-44,45-29-18-12-19-30-45)46-31-20-13-21-32-46;1-24(20-34(48)32(23-56)43-26(3)46)35(49)42-25(2)33(47)22-28(12-8-9-17-40-37(51)31(39)21-27-10-6-5-7-11-27)36(50)41-18-19-44(4)38(52)55-30-15-13-29(14-16-30)45(53)54/h10-21,24-25,27-32,39-40,43,47-48H,8-9,22-23,26,33-38H2,1-7H3,(H,57,66)(H,58,67)(H,59,65)(H,60,62)(H,61,68);5-7,10-11,13-16,24-25,28,31-32,56H,8-9,12,17-23,39H2,1-4H3,(H,40,51)(H,41,50)(H,42,49)(H,43,46). The fourth-order valence-corrected chi connectivity index (χ4v) is 15.3. The second-order valence-electron chi connectivity index (χ2n) is 32.4. The van der Waals surface area contributed by atoms with Crippen molar-refractivity contribution in [2.24, 2.45) is 29.4 Å². The summed E-state index contributed by atoms with van der Waals surface area (Å²) in [6, 6.07) is 48.4. The molecule has 10 unspecified atom stereocenters. The lowest BCUT2D eigenvalue weighted by Crippen LogP contribution is -2.49. The number of likely N-dealkylation sites (N-methyl/N-ethyl adjacent to an activating group) is 1. The zero-order valence-electron chi connectivity index (χ0n) is 74.0. The summed E-state index contributed by atoms with van der Waals surface area (Å²) in [6.45, 7) is 17.1. The van der Waals surface area contributed by atoms with Crippen LogP contribution in [-0.4, -0.2) is 186 Å². The van der Waals surface area contributed by atoms with E-state index in [9.17, 15) is 77.2 Å². The van der Waals surface area contributed by atoms with Crippen LogP contribution in [0.3, 0.4) is 0 Å². The lowest BCUT2D eigenvalue weighted by Gasteiger charge is -2.36. The Morgan fingerprint density at radius 3 is 1.31 bits per heavy atom. The molecule has 10 amide bonds. The number of Topliss-reactive ketones (excluding diaryl/α,β-unsaturated/α-hetero) is 4. The number of carbonyl (C=O) groups is 14. The van der Waals surface area contributed by atoms with Gasteiger partial charge in [-0.15, -0.1) is 11.8 Å². The maximum Gasteiger partial charge on any atom is 0.415 e. The Hall–Kier alpha value is -11.6. The van der Waals surface area contributed by atoms with Crippen molar-refractivity contribution in [1.29, 1.82) is 0 Å². The number of non-ortho nitro benzene ring substituents is 1. The molecular formula is C94H126N12O18S2. The minimum atomic E-state index is -0.989. The molecule has 6 aromatic rings. The quantitative estimate of drug-likeness (QED) is 0.00555. The van der Waals surface area contributed by atoms with Crippen LogP contribution < -0.4 is 58.3 Å². The van der Waals surface area contributed by atoms with Crippen LogP contribution in [0.1, 0.15) is 174 Å². The zero-order chi connectivity index (χ0) is 92.9. The molecule has 0 radical (unpaired) electrons. The van der Waals surface area contributed by atoms with Crippen molar-refractivity contribution < 1.29 is 81.5 Å². The van der Waals surface area contributed by atoms with Crippen molar-refractivity contribution in [2.45, 2.75) is 206 Å². The highest BCUT2D eigenvalue weighted by atomic mass is 32.2. The predicted octanol–water partition coefficient (Wildman–Crippen LogP) is 10.3. The van der Waals surface area contributed by atoms with Gasteiger partial charge in [-0.25, -0.2) is 9.59 Å². The molecule has 682 valence electrons. The van der Waals surface area contributed by atoms with Crippen molar-refractivity contribution in [1.82, 2.24) is 52.8 Å². The first-order valence-electron chi connectivity index (χ1n) is 42.7. The van der Waals surface area contributed by atoms with Crippen LogP contribution in [0.25, 0.3) is 0 Å². The monoisotopic (exact) mass is 1770 g/mol. The topological polar surface area (TPSA) is 438 Å². The van der Waals surface area contributed by atoms with E-state index in [4.69, 9.17) is 15.2 Å². The van der Waals surface area contributed by atoms with Crippen LogP contribution in [0.4, 0.5) is 15.3 Å². The molecule has 0 fully saturated rings. The summed E-state index contributed by atoms with van der Waals surface area (Å²) in [6.07, 6.45) is 2.70. The normalized spacial score (nSPS) is 13.5. The number of thioether (sulfide) groups is 1. The molecule has 0 heterocycles. The summed E-state index contributed by atoms with van der Waals surface area (Å²) < 4.78 is 9.90. The minimum Gasteiger partial charge on any atom is -0.444 e. The number of rotatable bonds is 52. The molecule has 30 nitrogen and oxygen atoms in total. The fraction of sp³-hybridized carbons (Fsp3) is 0.468. The number of unbranched alkanes of at least 4 members (excludes halogenated alkanes) is 3. The lowest BCUT2D eigenvalue weighted by molar-refractivity contribution is -0.384. The molecule has 10 atom stereocenters. The number of nitro benzene ring substituents is 1. The van der Waals surface area contributed by atoms with Gasteiger partial charge in [0, 0.05) is 133 Å². The Bertz CT molecular complexity index is 4420. The fourth-order valence-electron chi connectivity index (χ4n) is 13.5. The molecule has 0 aliphatic heterocycles. The van der Waals surface area contributed by atoms with Crippen molar-refractivity contribution in [3.05, 3.63) is 214 Å². The molecular weight excluding hydrogens is 1650 g/mol. The van der Waals surface area contributed by atoms with Gasteiger partial charge in [0.2, 0.25) is 47.3 Å². The molecule has 0 aliphatic carbocycles. The van der Waals surface area contributed by atoms with Gasteiger partial charge in [-0.3, -0.25) is 67.6 Å². The Kier molecular flexibility index (Phi) is 45.8. The summed E-state index contributed by atoms with van der Waals surface area (Å²) in [5, 5.41) is 35.7. The predicted molar refractivity (Wildman–Crippen MR) is 488 cm³/mol. The Morgan fingerprint density at radius 2 is 0.881 bits per heavy atom. The van der Waals surface area contributed by atoms with Gasteiger partial charge in [-0.05, 0) is 113 Å². The van der Waals surface area contributed by atoms with E-state index < -0.39 is 117 Å². The van der Waals surface area contributed by atoms with E-state index in [2.05, 4.69) is 96.9 Å². The number of hydrogen-bond donors (Lipinski definition) is 11. The van der Waals surface area contributed by atoms with Crippen molar-refractivity contribution in [3.63, 3.8) is 0 Å². The summed E-state index contributed by atoms with van der Waals surface area (Å²) in [5.74, 6) is -7.48. The number of nitrogens with one attached hydrogen (secondary N) is 9. The van der Waals surface area contributed by atoms with E-state index in [-0.39, 0.29) is 122 Å². The van der Waals surface area contributed by atoms with E-state index in [1.165, 1.54) is 75.7 Å². The first kappa shape index (κ1) is 105. The average Bonchev–Trinajstić information content (AvgIpc) is 0.755. The number of nitrogens with two attached hydrogens (primary N) is 1. The first-order valence-corrected chi connectivity index (χ1v) is 44.3. The number of alkyl carbamates (subject to hydrolysis) is 1. The smallest absolute Gasteiger partial charge is 0.415 e. The third-order valence-electron chi connectivity index (χ3n) is 20.6. The second-order valence-corrected chi connectivity index (χ2v) is 34.0. The summed E-state index contributed by atoms with van der Waals surface area (Å²) >= 11 is 5.63. The van der Waals surface area contributed by atoms with Crippen LogP contribution in [0.2, 0.25) is 0 Å². The summed E-state index contributed by atoms with van der Waals surface area (Å²) in [7, 11) is 1.44. The van der Waals surface area contributed by atoms with Gasteiger partial charge in [-0.1, -0.05) is 192 Å². The number of ketones is 4. The summed E-state index contributed by atoms with van der Waals surface area (Å²) in [4.78, 5) is 194.